The van der Waals surface area contributed by atoms with Gasteiger partial charge in [-0.1, -0.05) is 44.9 Å². The third-order valence-electron chi connectivity index (χ3n) is 6.32. The van der Waals surface area contributed by atoms with Crippen LogP contribution in [0.15, 0.2) is 54.7 Å². The van der Waals surface area contributed by atoms with Crippen LogP contribution in [-0.2, 0) is 0 Å². The Kier molecular flexibility index (Phi) is 8.38. The minimum Gasteiger partial charge on any atom is -0.349 e. The molecule has 8 nitrogen and oxygen atoms in total. The largest absolute Gasteiger partial charge is 0.349 e. The predicted octanol–water partition coefficient (Wildman–Crippen LogP) is 6.90. The summed E-state index contributed by atoms with van der Waals surface area (Å²) >= 11 is 0. The number of imidazole rings is 1. The molecule has 0 atom stereocenters. The number of nitrogens with one attached hydrogen (secondary N) is 3. The van der Waals surface area contributed by atoms with E-state index in [4.69, 9.17) is 9.97 Å². The number of para-hydroxylation sites is 1. The Hall–Kier alpha value is -3.94. The van der Waals surface area contributed by atoms with Gasteiger partial charge in [-0.05, 0) is 69.5 Å². The number of carbonyl (C=O) groups excluding carboxylic acids is 1. The molecule has 1 amide bonds. The molecule has 0 saturated heterocycles. The van der Waals surface area contributed by atoms with Crippen molar-refractivity contribution >= 4 is 40.3 Å². The highest BCUT2D eigenvalue weighted by Crippen LogP contribution is 2.27. The number of fused-ring (bicyclic) bond motifs is 1. The van der Waals surface area contributed by atoms with Gasteiger partial charge in [0.15, 0.2) is 5.65 Å². The van der Waals surface area contributed by atoms with Crippen molar-refractivity contribution in [3.8, 4) is 0 Å². The second-order valence-corrected chi connectivity index (χ2v) is 9.70. The number of aryl methyl sites for hydroxylation is 1. The molecule has 8 heteroatoms. The van der Waals surface area contributed by atoms with Crippen LogP contribution < -0.4 is 16.0 Å². The molecule has 0 fully saturated rings. The van der Waals surface area contributed by atoms with Crippen LogP contribution in [0.5, 0.6) is 0 Å². The zero-order valence-corrected chi connectivity index (χ0v) is 22.4. The fourth-order valence-electron chi connectivity index (χ4n) is 4.50. The lowest BCUT2D eigenvalue weighted by molar-refractivity contribution is 0.0932. The van der Waals surface area contributed by atoms with Gasteiger partial charge in [-0.3, -0.25) is 9.36 Å². The molecule has 37 heavy (non-hydrogen) atoms. The summed E-state index contributed by atoms with van der Waals surface area (Å²) in [5.74, 6) is 1.17. The van der Waals surface area contributed by atoms with Crippen LogP contribution in [0.25, 0.3) is 11.2 Å². The van der Waals surface area contributed by atoms with Crippen molar-refractivity contribution in [3.05, 3.63) is 65.9 Å². The molecule has 0 radical (unpaired) electrons. The highest BCUT2D eigenvalue weighted by molar-refractivity contribution is 5.95. The Morgan fingerprint density at radius 3 is 2.35 bits per heavy atom. The van der Waals surface area contributed by atoms with Crippen molar-refractivity contribution in [1.29, 1.82) is 0 Å². The van der Waals surface area contributed by atoms with Gasteiger partial charge in [-0.25, -0.2) is 9.97 Å². The molecule has 2 heterocycles. The zero-order valence-electron chi connectivity index (χ0n) is 22.4. The third kappa shape index (κ3) is 6.25. The number of benzene rings is 2. The lowest BCUT2D eigenvalue weighted by atomic mass is 10.0. The maximum absolute atomic E-state index is 12.8. The smallest absolute Gasteiger partial charge is 0.251 e. The Morgan fingerprint density at radius 1 is 0.973 bits per heavy atom. The van der Waals surface area contributed by atoms with E-state index in [1.54, 1.807) is 6.20 Å². The molecule has 194 valence electrons. The first-order valence-electron chi connectivity index (χ1n) is 13.1. The van der Waals surface area contributed by atoms with Crippen LogP contribution in [0, 0.1) is 6.92 Å². The molecule has 0 aliphatic carbocycles. The molecule has 0 spiro atoms. The number of nitrogens with zero attached hydrogens (tertiary/aromatic N) is 4. The quantitative estimate of drug-likeness (QED) is 0.208. The van der Waals surface area contributed by atoms with Crippen LogP contribution in [-0.4, -0.2) is 31.5 Å². The minimum atomic E-state index is -0.0292. The standard InChI is InChI=1S/C29H37N7O/c1-6-11-22(12-7-2)31-27(37)21-15-16-24(20(5)17-21)33-28-30-18-25-26(35-28)36(19(3)4)29(34-25)32-23-13-9-8-10-14-23/h8-10,13-19,22H,6-7,11-12H2,1-5H3,(H,31,37)(H,32,34)(H,30,33,35). The van der Waals surface area contributed by atoms with Gasteiger partial charge in [0, 0.05) is 29.0 Å². The number of carbonyl (C=O) groups is 1. The fraction of sp³-hybridized carbons (Fsp3) is 0.379. The molecule has 0 aliphatic heterocycles. The summed E-state index contributed by atoms with van der Waals surface area (Å²) in [4.78, 5) is 26.9. The fourth-order valence-corrected chi connectivity index (χ4v) is 4.50. The van der Waals surface area contributed by atoms with Gasteiger partial charge in [0.05, 0.1) is 6.20 Å². The Labute approximate surface area is 218 Å². The van der Waals surface area contributed by atoms with Gasteiger partial charge in [0.2, 0.25) is 11.9 Å². The Bertz CT molecular complexity index is 1340. The number of hydrogen-bond acceptors (Lipinski definition) is 6. The first-order valence-corrected chi connectivity index (χ1v) is 13.1. The van der Waals surface area contributed by atoms with Gasteiger partial charge >= 0.3 is 0 Å². The minimum absolute atomic E-state index is 0.0292. The van der Waals surface area contributed by atoms with E-state index in [0.29, 0.717) is 11.5 Å². The molecular weight excluding hydrogens is 462 g/mol. The van der Waals surface area contributed by atoms with Crippen molar-refractivity contribution in [2.45, 2.75) is 72.4 Å². The van der Waals surface area contributed by atoms with Crippen molar-refractivity contribution in [2.75, 3.05) is 10.6 Å². The second kappa shape index (κ2) is 11.9. The average Bonchev–Trinajstić information content (AvgIpc) is 3.23. The van der Waals surface area contributed by atoms with Crippen molar-refractivity contribution < 1.29 is 4.79 Å². The Balaban J connectivity index is 1.55. The first-order chi connectivity index (χ1) is 17.9. The molecule has 4 rings (SSSR count). The maximum Gasteiger partial charge on any atom is 0.251 e. The summed E-state index contributed by atoms with van der Waals surface area (Å²) in [5, 5.41) is 9.90. The van der Waals surface area contributed by atoms with Crippen molar-refractivity contribution in [3.63, 3.8) is 0 Å². The molecule has 2 aromatic carbocycles. The summed E-state index contributed by atoms with van der Waals surface area (Å²) in [7, 11) is 0. The van der Waals surface area contributed by atoms with Gasteiger partial charge in [0.25, 0.3) is 5.91 Å². The van der Waals surface area contributed by atoms with E-state index in [9.17, 15) is 4.79 Å². The topological polar surface area (TPSA) is 96.8 Å². The first kappa shape index (κ1) is 26.1. The van der Waals surface area contributed by atoms with Gasteiger partial charge in [0.1, 0.15) is 5.52 Å². The van der Waals surface area contributed by atoms with Crippen LogP contribution in [0.2, 0.25) is 0 Å². The molecule has 0 aliphatic rings. The lowest BCUT2D eigenvalue weighted by Crippen LogP contribution is -2.34. The highest BCUT2D eigenvalue weighted by Gasteiger charge is 2.17. The molecule has 3 N–H and O–H groups in total. The highest BCUT2D eigenvalue weighted by atomic mass is 16.1. The normalized spacial score (nSPS) is 11.3. The summed E-state index contributed by atoms with van der Waals surface area (Å²) in [6.45, 7) is 10.5. The van der Waals surface area contributed by atoms with Crippen LogP contribution in [0.3, 0.4) is 0 Å². The molecule has 2 aromatic heterocycles. The summed E-state index contributed by atoms with van der Waals surface area (Å²) < 4.78 is 2.07. The summed E-state index contributed by atoms with van der Waals surface area (Å²) in [6.07, 6.45) is 5.83. The number of anilines is 4. The van der Waals surface area contributed by atoms with Crippen LogP contribution in [0.1, 0.15) is 75.3 Å². The van der Waals surface area contributed by atoms with E-state index in [-0.39, 0.29) is 18.0 Å². The monoisotopic (exact) mass is 499 g/mol. The van der Waals surface area contributed by atoms with E-state index in [2.05, 4.69) is 53.2 Å². The average molecular weight is 500 g/mol. The second-order valence-electron chi connectivity index (χ2n) is 9.70. The third-order valence-corrected chi connectivity index (χ3v) is 6.32. The van der Waals surface area contributed by atoms with E-state index < -0.39 is 0 Å². The van der Waals surface area contributed by atoms with E-state index >= 15 is 0 Å². The molecular formula is C29H37N7O. The maximum atomic E-state index is 12.8. The molecule has 4 aromatic rings. The summed E-state index contributed by atoms with van der Waals surface area (Å²) in [6, 6.07) is 16.0. The molecule has 0 saturated carbocycles. The van der Waals surface area contributed by atoms with Crippen LogP contribution in [0.4, 0.5) is 23.3 Å². The lowest BCUT2D eigenvalue weighted by Gasteiger charge is -2.18. The zero-order chi connectivity index (χ0) is 26.4. The molecule has 0 bridgehead atoms. The van der Waals surface area contributed by atoms with E-state index in [1.807, 2.05) is 55.5 Å². The van der Waals surface area contributed by atoms with Gasteiger partial charge in [-0.15, -0.1) is 0 Å². The Morgan fingerprint density at radius 2 is 1.70 bits per heavy atom. The number of amides is 1. The molecule has 0 unspecified atom stereocenters. The summed E-state index contributed by atoms with van der Waals surface area (Å²) in [5.41, 5.74) is 4.88. The number of hydrogen-bond donors (Lipinski definition) is 3. The number of rotatable bonds is 11. The van der Waals surface area contributed by atoms with E-state index in [1.165, 1.54) is 0 Å². The SMILES string of the molecule is CCCC(CCC)NC(=O)c1ccc(Nc2ncc3nc(Nc4ccccc4)n(C(C)C)c3n2)c(C)c1. The number of aromatic nitrogens is 4. The van der Waals surface area contributed by atoms with Crippen molar-refractivity contribution in [2.24, 2.45) is 0 Å². The van der Waals surface area contributed by atoms with Gasteiger partial charge < -0.3 is 16.0 Å². The van der Waals surface area contributed by atoms with E-state index in [0.717, 1.165) is 59.7 Å². The predicted molar refractivity (Wildman–Crippen MR) is 151 cm³/mol. The van der Waals surface area contributed by atoms with Crippen LogP contribution >= 0.6 is 0 Å². The van der Waals surface area contributed by atoms with Crippen molar-refractivity contribution in [1.82, 2.24) is 24.8 Å². The van der Waals surface area contributed by atoms with Gasteiger partial charge in [-0.2, -0.15) is 4.98 Å².